The fraction of sp³-hybridized carbons (Fsp3) is 0.462. The van der Waals surface area contributed by atoms with Crippen molar-refractivity contribution in [3.8, 4) is 0 Å². The van der Waals surface area contributed by atoms with Crippen LogP contribution in [0.3, 0.4) is 0 Å². The summed E-state index contributed by atoms with van der Waals surface area (Å²) in [6, 6.07) is 7.74. The third kappa shape index (κ3) is 3.23. The van der Waals surface area contributed by atoms with E-state index in [9.17, 15) is 9.90 Å². The van der Waals surface area contributed by atoms with E-state index < -0.39 is 0 Å². The molecule has 5 heteroatoms. The number of amides is 2. The number of halogens is 1. The van der Waals surface area contributed by atoms with Crippen molar-refractivity contribution in [2.75, 3.05) is 13.2 Å². The monoisotopic (exact) mass is 312 g/mol. The SMILES string of the molecule is O=C(NCc1ccc(Br)cc1)N1CCCC1CO. The van der Waals surface area contributed by atoms with Gasteiger partial charge < -0.3 is 15.3 Å². The van der Waals surface area contributed by atoms with Gasteiger partial charge in [-0.2, -0.15) is 0 Å². The van der Waals surface area contributed by atoms with E-state index in [4.69, 9.17) is 0 Å². The van der Waals surface area contributed by atoms with E-state index in [0.717, 1.165) is 29.4 Å². The summed E-state index contributed by atoms with van der Waals surface area (Å²) in [5, 5.41) is 12.1. The van der Waals surface area contributed by atoms with Crippen molar-refractivity contribution < 1.29 is 9.90 Å². The van der Waals surface area contributed by atoms with Crippen molar-refractivity contribution in [1.29, 1.82) is 0 Å². The summed E-state index contributed by atoms with van der Waals surface area (Å²) >= 11 is 3.37. The Morgan fingerprint density at radius 1 is 1.44 bits per heavy atom. The standard InChI is InChI=1S/C13H17BrN2O2/c14-11-5-3-10(4-6-11)8-15-13(18)16-7-1-2-12(16)9-17/h3-6,12,17H,1-2,7-9H2,(H,15,18). The number of nitrogens with one attached hydrogen (secondary N) is 1. The van der Waals surface area contributed by atoms with Gasteiger partial charge >= 0.3 is 6.03 Å². The first-order valence-corrected chi connectivity index (χ1v) is 6.90. The lowest BCUT2D eigenvalue weighted by Crippen LogP contribution is -2.43. The normalized spacial score (nSPS) is 19.0. The van der Waals surface area contributed by atoms with Crippen LogP contribution in [0.2, 0.25) is 0 Å². The van der Waals surface area contributed by atoms with E-state index in [-0.39, 0.29) is 18.7 Å². The van der Waals surface area contributed by atoms with E-state index in [0.29, 0.717) is 6.54 Å². The van der Waals surface area contributed by atoms with Crippen molar-refractivity contribution in [3.05, 3.63) is 34.3 Å². The lowest BCUT2D eigenvalue weighted by atomic mass is 10.2. The van der Waals surface area contributed by atoms with Crippen LogP contribution < -0.4 is 5.32 Å². The molecule has 1 aromatic rings. The second-order valence-electron chi connectivity index (χ2n) is 4.46. The predicted octanol–water partition coefficient (Wildman–Crippen LogP) is 2.12. The lowest BCUT2D eigenvalue weighted by molar-refractivity contribution is 0.157. The molecule has 98 valence electrons. The molecule has 1 unspecified atom stereocenters. The second kappa shape index (κ2) is 6.20. The summed E-state index contributed by atoms with van der Waals surface area (Å²) in [5.74, 6) is 0. The number of aliphatic hydroxyl groups is 1. The molecule has 18 heavy (non-hydrogen) atoms. The average Bonchev–Trinajstić information content (AvgIpc) is 2.86. The smallest absolute Gasteiger partial charge is 0.317 e. The quantitative estimate of drug-likeness (QED) is 0.898. The summed E-state index contributed by atoms with van der Waals surface area (Å²) in [5.41, 5.74) is 1.06. The van der Waals surface area contributed by atoms with Gasteiger partial charge in [-0.25, -0.2) is 4.79 Å². The Morgan fingerprint density at radius 3 is 2.83 bits per heavy atom. The Labute approximate surface area is 115 Å². The predicted molar refractivity (Wildman–Crippen MR) is 73.2 cm³/mol. The summed E-state index contributed by atoms with van der Waals surface area (Å²) in [4.78, 5) is 13.7. The molecule has 1 aliphatic rings. The first-order chi connectivity index (χ1) is 8.70. The van der Waals surface area contributed by atoms with Crippen molar-refractivity contribution >= 4 is 22.0 Å². The van der Waals surface area contributed by atoms with Gasteiger partial charge in [0.1, 0.15) is 0 Å². The average molecular weight is 313 g/mol. The molecule has 0 aromatic heterocycles. The third-order valence-electron chi connectivity index (χ3n) is 3.21. The molecule has 2 N–H and O–H groups in total. The Kier molecular flexibility index (Phi) is 4.60. The van der Waals surface area contributed by atoms with Crippen LogP contribution in [0.25, 0.3) is 0 Å². The third-order valence-corrected chi connectivity index (χ3v) is 3.73. The van der Waals surface area contributed by atoms with Gasteiger partial charge in [-0.3, -0.25) is 0 Å². The highest BCUT2D eigenvalue weighted by molar-refractivity contribution is 9.10. The number of carbonyl (C=O) groups is 1. The maximum Gasteiger partial charge on any atom is 0.317 e. The number of hydrogen-bond donors (Lipinski definition) is 2. The molecule has 0 saturated carbocycles. The molecule has 0 bridgehead atoms. The summed E-state index contributed by atoms with van der Waals surface area (Å²) in [6.07, 6.45) is 1.86. The van der Waals surface area contributed by atoms with E-state index in [1.54, 1.807) is 4.90 Å². The first-order valence-electron chi connectivity index (χ1n) is 6.10. The van der Waals surface area contributed by atoms with Gasteiger partial charge in [0.25, 0.3) is 0 Å². The second-order valence-corrected chi connectivity index (χ2v) is 5.37. The Morgan fingerprint density at radius 2 is 2.17 bits per heavy atom. The van der Waals surface area contributed by atoms with Crippen LogP contribution in [0.15, 0.2) is 28.7 Å². The number of likely N-dealkylation sites (tertiary alicyclic amines) is 1. The Hall–Kier alpha value is -1.07. The van der Waals surface area contributed by atoms with Crippen LogP contribution in [-0.4, -0.2) is 35.2 Å². The number of nitrogens with zero attached hydrogens (tertiary/aromatic N) is 1. The van der Waals surface area contributed by atoms with Crippen LogP contribution in [-0.2, 0) is 6.54 Å². The minimum Gasteiger partial charge on any atom is -0.394 e. The molecule has 0 radical (unpaired) electrons. The molecule has 1 aliphatic heterocycles. The zero-order chi connectivity index (χ0) is 13.0. The maximum absolute atomic E-state index is 11.9. The van der Waals surface area contributed by atoms with Gasteiger partial charge in [-0.15, -0.1) is 0 Å². The number of carbonyl (C=O) groups excluding carboxylic acids is 1. The molecule has 0 spiro atoms. The zero-order valence-electron chi connectivity index (χ0n) is 10.1. The number of rotatable bonds is 3. The molecular weight excluding hydrogens is 296 g/mol. The van der Waals surface area contributed by atoms with Crippen molar-refractivity contribution in [1.82, 2.24) is 10.2 Å². The van der Waals surface area contributed by atoms with Crippen LogP contribution in [0, 0.1) is 0 Å². The summed E-state index contributed by atoms with van der Waals surface area (Å²) < 4.78 is 1.03. The van der Waals surface area contributed by atoms with Gasteiger partial charge in [0.2, 0.25) is 0 Å². The molecule has 1 heterocycles. The highest BCUT2D eigenvalue weighted by Crippen LogP contribution is 2.16. The molecule has 1 atom stereocenters. The van der Waals surface area contributed by atoms with Crippen LogP contribution >= 0.6 is 15.9 Å². The number of hydrogen-bond acceptors (Lipinski definition) is 2. The summed E-state index contributed by atoms with van der Waals surface area (Å²) in [7, 11) is 0. The maximum atomic E-state index is 11.9. The summed E-state index contributed by atoms with van der Waals surface area (Å²) in [6.45, 7) is 1.30. The highest BCUT2D eigenvalue weighted by atomic mass is 79.9. The van der Waals surface area contributed by atoms with Crippen molar-refractivity contribution in [3.63, 3.8) is 0 Å². The van der Waals surface area contributed by atoms with E-state index in [1.807, 2.05) is 24.3 Å². The zero-order valence-corrected chi connectivity index (χ0v) is 11.7. The van der Waals surface area contributed by atoms with Crippen molar-refractivity contribution in [2.45, 2.75) is 25.4 Å². The van der Waals surface area contributed by atoms with Crippen molar-refractivity contribution in [2.24, 2.45) is 0 Å². The topological polar surface area (TPSA) is 52.6 Å². The van der Waals surface area contributed by atoms with Crippen LogP contribution in [0.4, 0.5) is 4.79 Å². The minimum atomic E-state index is -0.0885. The number of aliphatic hydroxyl groups excluding tert-OH is 1. The molecule has 1 aromatic carbocycles. The molecule has 1 fully saturated rings. The van der Waals surface area contributed by atoms with Gasteiger partial charge in [0, 0.05) is 17.6 Å². The Bertz CT molecular complexity index is 408. The molecule has 0 aliphatic carbocycles. The van der Waals surface area contributed by atoms with Gasteiger partial charge in [0.15, 0.2) is 0 Å². The largest absolute Gasteiger partial charge is 0.394 e. The van der Waals surface area contributed by atoms with Crippen LogP contribution in [0.5, 0.6) is 0 Å². The van der Waals surface area contributed by atoms with E-state index in [1.165, 1.54) is 0 Å². The fourth-order valence-corrected chi connectivity index (χ4v) is 2.44. The van der Waals surface area contributed by atoms with Gasteiger partial charge in [-0.05, 0) is 30.5 Å². The Balaban J connectivity index is 1.86. The molecule has 2 amide bonds. The molecular formula is C13H17BrN2O2. The fourth-order valence-electron chi connectivity index (χ4n) is 2.17. The van der Waals surface area contributed by atoms with Gasteiger partial charge in [0.05, 0.1) is 12.6 Å². The van der Waals surface area contributed by atoms with Gasteiger partial charge in [-0.1, -0.05) is 28.1 Å². The molecule has 2 rings (SSSR count). The lowest BCUT2D eigenvalue weighted by Gasteiger charge is -2.23. The van der Waals surface area contributed by atoms with E-state index >= 15 is 0 Å². The van der Waals surface area contributed by atoms with E-state index in [2.05, 4.69) is 21.2 Å². The minimum absolute atomic E-state index is 0.0186. The molecule has 4 nitrogen and oxygen atoms in total. The van der Waals surface area contributed by atoms with Crippen LogP contribution in [0.1, 0.15) is 18.4 Å². The number of urea groups is 1. The number of benzene rings is 1. The highest BCUT2D eigenvalue weighted by Gasteiger charge is 2.27. The first kappa shape index (κ1) is 13.4. The molecule has 1 saturated heterocycles.